The largest absolute Gasteiger partial charge is 0.463 e. The van der Waals surface area contributed by atoms with Crippen molar-refractivity contribution in [1.29, 1.82) is 0 Å². The van der Waals surface area contributed by atoms with Crippen molar-refractivity contribution in [3.8, 4) is 0 Å². The van der Waals surface area contributed by atoms with Crippen LogP contribution in [0.5, 0.6) is 0 Å². The Labute approximate surface area is 133 Å². The summed E-state index contributed by atoms with van der Waals surface area (Å²) in [4.78, 5) is 11.8. The molecule has 9 heteroatoms. The van der Waals surface area contributed by atoms with Gasteiger partial charge in [0, 0.05) is 0 Å². The fourth-order valence-corrected chi connectivity index (χ4v) is 3.18. The first-order chi connectivity index (χ1) is 10.2. The third-order valence-electron chi connectivity index (χ3n) is 3.10. The summed E-state index contributed by atoms with van der Waals surface area (Å²) in [7, 11) is -3.64. The predicted molar refractivity (Wildman–Crippen MR) is 77.5 cm³/mol. The smallest absolute Gasteiger partial charge is 0.341 e. The van der Waals surface area contributed by atoms with Gasteiger partial charge in [0.2, 0.25) is 0 Å². The van der Waals surface area contributed by atoms with Crippen LogP contribution in [0.15, 0.2) is 10.5 Å². The molecular weight excluding hydrogens is 336 g/mol. The molecule has 0 bridgehead atoms. The van der Waals surface area contributed by atoms with Crippen molar-refractivity contribution in [2.75, 3.05) is 19.5 Å². The van der Waals surface area contributed by atoms with Crippen LogP contribution in [0.4, 0.5) is 0 Å². The predicted octanol–water partition coefficient (Wildman–Crippen LogP) is 1.79. The van der Waals surface area contributed by atoms with Crippen molar-refractivity contribution in [3.63, 3.8) is 0 Å². The Morgan fingerprint density at radius 1 is 1.50 bits per heavy atom. The van der Waals surface area contributed by atoms with Crippen molar-refractivity contribution in [2.24, 2.45) is 0 Å². The first-order valence-corrected chi connectivity index (χ1v) is 8.89. The summed E-state index contributed by atoms with van der Waals surface area (Å²) in [6.07, 6.45) is -0.562. The fourth-order valence-electron chi connectivity index (χ4n) is 2.18. The van der Waals surface area contributed by atoms with Crippen molar-refractivity contribution in [1.82, 2.24) is 0 Å². The molecule has 0 saturated carbocycles. The number of ether oxygens (including phenoxy) is 2. The molecule has 3 atom stereocenters. The molecule has 1 saturated heterocycles. The Morgan fingerprint density at radius 2 is 2.18 bits per heavy atom. The van der Waals surface area contributed by atoms with Gasteiger partial charge in [-0.15, -0.1) is 11.6 Å². The quantitative estimate of drug-likeness (QED) is 0.453. The van der Waals surface area contributed by atoms with E-state index in [-0.39, 0.29) is 18.8 Å². The number of esters is 1. The molecule has 2 rings (SSSR count). The normalized spacial score (nSPS) is 25.4. The number of halogens is 1. The molecule has 0 radical (unpaired) electrons. The second kappa shape index (κ2) is 6.57. The van der Waals surface area contributed by atoms with Gasteiger partial charge < -0.3 is 13.9 Å². The summed E-state index contributed by atoms with van der Waals surface area (Å²) >= 11 is 6.20. The number of carbonyl (C=O) groups excluding carboxylic acids is 1. The van der Waals surface area contributed by atoms with E-state index in [1.54, 1.807) is 13.8 Å². The maximum absolute atomic E-state index is 11.8. The Morgan fingerprint density at radius 3 is 2.77 bits per heavy atom. The first kappa shape index (κ1) is 17.3. The monoisotopic (exact) mass is 352 g/mol. The van der Waals surface area contributed by atoms with Gasteiger partial charge in [0.1, 0.15) is 29.3 Å². The molecule has 124 valence electrons. The van der Waals surface area contributed by atoms with E-state index in [9.17, 15) is 13.2 Å². The summed E-state index contributed by atoms with van der Waals surface area (Å²) in [5.74, 6) is 0.219. The molecule has 1 aliphatic heterocycles. The lowest BCUT2D eigenvalue weighted by molar-refractivity contribution is 0.0524. The summed E-state index contributed by atoms with van der Waals surface area (Å²) in [5.41, 5.74) is 0.289. The molecule has 2 heterocycles. The summed E-state index contributed by atoms with van der Waals surface area (Å²) in [6.45, 7) is 3.59. The van der Waals surface area contributed by atoms with Gasteiger partial charge in [0.15, 0.2) is 0 Å². The van der Waals surface area contributed by atoms with Crippen LogP contribution in [-0.2, 0) is 23.8 Å². The summed E-state index contributed by atoms with van der Waals surface area (Å²) in [6, 6.07) is 1.50. The number of hydrogen-bond donors (Lipinski definition) is 0. The topological polar surface area (TPSA) is 92.0 Å². The summed E-state index contributed by atoms with van der Waals surface area (Å²) < 4.78 is 43.1. The highest BCUT2D eigenvalue weighted by atomic mass is 35.5. The van der Waals surface area contributed by atoms with Crippen LogP contribution in [-0.4, -0.2) is 45.3 Å². The zero-order valence-electron chi connectivity index (χ0n) is 12.4. The van der Waals surface area contributed by atoms with Gasteiger partial charge in [-0.1, -0.05) is 0 Å². The minimum Gasteiger partial charge on any atom is -0.463 e. The molecule has 7 nitrogen and oxygen atoms in total. The molecule has 0 unspecified atom stereocenters. The van der Waals surface area contributed by atoms with Gasteiger partial charge in [-0.25, -0.2) is 4.79 Å². The van der Waals surface area contributed by atoms with Crippen molar-refractivity contribution >= 4 is 27.7 Å². The van der Waals surface area contributed by atoms with E-state index in [0.717, 1.165) is 6.26 Å². The molecular formula is C13H17ClO7S. The molecule has 0 aliphatic carbocycles. The lowest BCUT2D eigenvalue weighted by Crippen LogP contribution is -2.26. The van der Waals surface area contributed by atoms with Crippen molar-refractivity contribution in [3.05, 3.63) is 23.2 Å². The number of furan rings is 1. The highest BCUT2D eigenvalue weighted by Gasteiger charge is 2.41. The van der Waals surface area contributed by atoms with Gasteiger partial charge >= 0.3 is 5.97 Å². The average Bonchev–Trinajstić information content (AvgIpc) is 2.93. The zero-order valence-corrected chi connectivity index (χ0v) is 13.9. The van der Waals surface area contributed by atoms with Crippen LogP contribution in [0.1, 0.15) is 34.9 Å². The van der Waals surface area contributed by atoms with E-state index >= 15 is 0 Å². The number of rotatable bonds is 5. The van der Waals surface area contributed by atoms with E-state index in [0.29, 0.717) is 11.5 Å². The second-order valence-corrected chi connectivity index (χ2v) is 6.98. The van der Waals surface area contributed by atoms with E-state index in [2.05, 4.69) is 0 Å². The van der Waals surface area contributed by atoms with Crippen LogP contribution in [0, 0.1) is 6.92 Å². The van der Waals surface area contributed by atoms with Crippen molar-refractivity contribution in [2.45, 2.75) is 31.4 Å². The molecule has 0 aromatic carbocycles. The highest BCUT2D eigenvalue weighted by molar-refractivity contribution is 7.86. The van der Waals surface area contributed by atoms with Crippen molar-refractivity contribution < 1.29 is 31.3 Å². The molecule has 22 heavy (non-hydrogen) atoms. The van der Waals surface area contributed by atoms with Crippen LogP contribution in [0.3, 0.4) is 0 Å². The third kappa shape index (κ3) is 3.81. The van der Waals surface area contributed by atoms with E-state index < -0.39 is 33.7 Å². The average molecular weight is 353 g/mol. The number of aryl methyl sites for hydroxylation is 1. The standard InChI is InChI=1S/C13H17ClO7S/c1-4-18-13(15)8-5-9(20-7(8)2)12-11(14)10(6-19-12)21-22(3,16)17/h5,10-12H,4,6H2,1-3H3/t10-,11+,12-/m1/s1. The molecule has 1 aliphatic rings. The fraction of sp³-hybridized carbons (Fsp3) is 0.615. The van der Waals surface area contributed by atoms with Gasteiger partial charge in [0.25, 0.3) is 10.1 Å². The third-order valence-corrected chi connectivity index (χ3v) is 4.20. The molecule has 1 aromatic heterocycles. The summed E-state index contributed by atoms with van der Waals surface area (Å²) in [5, 5.41) is -0.754. The molecule has 0 amide bonds. The van der Waals surface area contributed by atoms with Crippen LogP contribution < -0.4 is 0 Å². The van der Waals surface area contributed by atoms with E-state index in [1.807, 2.05) is 0 Å². The van der Waals surface area contributed by atoms with Gasteiger partial charge in [-0.2, -0.15) is 8.42 Å². The Kier molecular flexibility index (Phi) is 5.16. The second-order valence-electron chi connectivity index (χ2n) is 4.88. The van der Waals surface area contributed by atoms with E-state index in [1.165, 1.54) is 6.07 Å². The van der Waals surface area contributed by atoms with E-state index in [4.69, 9.17) is 29.7 Å². The SMILES string of the molecule is CCOC(=O)c1cc([C@H]2OC[C@@H](OS(C)(=O)=O)[C@@H]2Cl)oc1C. The minimum atomic E-state index is -3.64. The minimum absolute atomic E-state index is 0.0143. The maximum Gasteiger partial charge on any atom is 0.341 e. The van der Waals surface area contributed by atoms with Crippen LogP contribution in [0.2, 0.25) is 0 Å². The number of hydrogen-bond acceptors (Lipinski definition) is 7. The maximum atomic E-state index is 11.8. The van der Waals surface area contributed by atoms with Gasteiger partial charge in [-0.3, -0.25) is 4.18 Å². The molecule has 0 N–H and O–H groups in total. The number of carbonyl (C=O) groups is 1. The molecule has 1 fully saturated rings. The highest BCUT2D eigenvalue weighted by Crippen LogP contribution is 2.37. The Bertz CT molecular complexity index is 651. The first-order valence-electron chi connectivity index (χ1n) is 6.64. The van der Waals surface area contributed by atoms with Gasteiger partial charge in [-0.05, 0) is 19.9 Å². The lowest BCUT2D eigenvalue weighted by atomic mass is 10.1. The zero-order chi connectivity index (χ0) is 16.5. The Balaban J connectivity index is 2.16. The van der Waals surface area contributed by atoms with Gasteiger partial charge in [0.05, 0.1) is 24.8 Å². The molecule has 1 aromatic rings. The molecule has 0 spiro atoms. The van der Waals surface area contributed by atoms with Crippen LogP contribution in [0.25, 0.3) is 0 Å². The number of alkyl halides is 1. The Hall–Kier alpha value is -1.09. The van der Waals surface area contributed by atoms with Crippen LogP contribution >= 0.6 is 11.6 Å². The lowest BCUT2D eigenvalue weighted by Gasteiger charge is -2.14.